The number of carbonyl (C=O) groups excluding carboxylic acids is 3. The number of aromatic hydroxyl groups is 1. The molecule has 0 unspecified atom stereocenters. The third-order valence-corrected chi connectivity index (χ3v) is 4.67. The Labute approximate surface area is 206 Å². The molecule has 2 N–H and O–H groups in total. The van der Waals surface area contributed by atoms with E-state index in [1.54, 1.807) is 30.0 Å². The SMILES string of the molecule is CCC(=O)OCCN(CCOC(C)=O)c1ccc(N=Nc2ccc([N+](=O)[O-])cc2O)c(NC(C)=O)c1. The van der Waals surface area contributed by atoms with Gasteiger partial charge in [-0.05, 0) is 24.3 Å². The number of hydrogen-bond donors (Lipinski definition) is 2. The molecule has 36 heavy (non-hydrogen) atoms. The van der Waals surface area contributed by atoms with Crippen LogP contribution in [0.15, 0.2) is 46.6 Å². The number of phenolic OH excluding ortho intramolecular Hbond substituents is 1. The zero-order valence-corrected chi connectivity index (χ0v) is 20.1. The van der Waals surface area contributed by atoms with Crippen molar-refractivity contribution >= 4 is 46.3 Å². The molecule has 0 aliphatic carbocycles. The Balaban J connectivity index is 2.32. The fourth-order valence-electron chi connectivity index (χ4n) is 2.96. The monoisotopic (exact) mass is 501 g/mol. The second-order valence-corrected chi connectivity index (χ2v) is 7.41. The van der Waals surface area contributed by atoms with E-state index < -0.39 is 16.6 Å². The fraction of sp³-hybridized carbons (Fsp3) is 0.348. The summed E-state index contributed by atoms with van der Waals surface area (Å²) in [4.78, 5) is 46.4. The third kappa shape index (κ3) is 8.66. The van der Waals surface area contributed by atoms with Gasteiger partial charge in [-0.25, -0.2) is 0 Å². The summed E-state index contributed by atoms with van der Waals surface area (Å²) in [7, 11) is 0. The molecular weight excluding hydrogens is 474 g/mol. The Morgan fingerprint density at radius 1 is 1.03 bits per heavy atom. The Bertz CT molecular complexity index is 1150. The summed E-state index contributed by atoms with van der Waals surface area (Å²) in [6.45, 7) is 5.08. The third-order valence-electron chi connectivity index (χ3n) is 4.67. The molecule has 13 heteroatoms. The molecule has 192 valence electrons. The van der Waals surface area contributed by atoms with Gasteiger partial charge in [0.25, 0.3) is 5.69 Å². The lowest BCUT2D eigenvalue weighted by Crippen LogP contribution is -2.32. The topological polar surface area (TPSA) is 173 Å². The first-order valence-electron chi connectivity index (χ1n) is 11.0. The maximum Gasteiger partial charge on any atom is 0.305 e. The number of ether oxygens (including phenoxy) is 2. The molecule has 0 radical (unpaired) electrons. The van der Waals surface area contributed by atoms with E-state index in [2.05, 4.69) is 15.5 Å². The highest BCUT2D eigenvalue weighted by Gasteiger charge is 2.14. The zero-order valence-electron chi connectivity index (χ0n) is 20.1. The average molecular weight is 501 g/mol. The van der Waals surface area contributed by atoms with Gasteiger partial charge in [0.2, 0.25) is 5.91 Å². The maximum absolute atomic E-state index is 11.8. The predicted octanol–water partition coefficient (Wildman–Crippen LogP) is 4.00. The Kier molecular flexibility index (Phi) is 10.3. The minimum atomic E-state index is -0.648. The van der Waals surface area contributed by atoms with E-state index in [1.165, 1.54) is 26.0 Å². The highest BCUT2D eigenvalue weighted by atomic mass is 16.6. The first kappa shape index (κ1) is 27.7. The number of amides is 1. The molecule has 2 aromatic carbocycles. The van der Waals surface area contributed by atoms with E-state index in [9.17, 15) is 29.6 Å². The van der Waals surface area contributed by atoms with Crippen molar-refractivity contribution < 1.29 is 33.9 Å². The largest absolute Gasteiger partial charge is 0.505 e. The van der Waals surface area contributed by atoms with Gasteiger partial charge >= 0.3 is 11.9 Å². The van der Waals surface area contributed by atoms with E-state index in [1.807, 2.05) is 0 Å². The number of esters is 2. The molecule has 0 heterocycles. The van der Waals surface area contributed by atoms with E-state index in [0.717, 1.165) is 6.07 Å². The summed E-state index contributed by atoms with van der Waals surface area (Å²) in [5, 5.41) is 31.5. The number of nitro groups is 1. The Morgan fingerprint density at radius 2 is 1.67 bits per heavy atom. The molecule has 0 bridgehead atoms. The summed E-state index contributed by atoms with van der Waals surface area (Å²) >= 11 is 0. The van der Waals surface area contributed by atoms with Crippen LogP contribution in [0.4, 0.5) is 28.4 Å². The maximum atomic E-state index is 11.8. The molecule has 0 aromatic heterocycles. The summed E-state index contributed by atoms with van der Waals surface area (Å²) in [5.41, 5.74) is 0.875. The number of nitrogens with one attached hydrogen (secondary N) is 1. The molecule has 13 nitrogen and oxygen atoms in total. The van der Waals surface area contributed by atoms with Gasteiger partial charge in [0.15, 0.2) is 0 Å². The molecule has 2 rings (SSSR count). The summed E-state index contributed by atoms with van der Waals surface area (Å²) in [6, 6.07) is 8.27. The molecule has 0 atom stereocenters. The Morgan fingerprint density at radius 3 is 2.25 bits per heavy atom. The number of nitro benzene ring substituents is 1. The lowest BCUT2D eigenvalue weighted by Gasteiger charge is -2.25. The van der Waals surface area contributed by atoms with Crippen LogP contribution in [0, 0.1) is 10.1 Å². The first-order chi connectivity index (χ1) is 17.1. The van der Waals surface area contributed by atoms with E-state index in [0.29, 0.717) is 24.5 Å². The van der Waals surface area contributed by atoms with Gasteiger partial charge in [0.05, 0.1) is 29.8 Å². The van der Waals surface area contributed by atoms with Crippen LogP contribution in [0.1, 0.15) is 27.2 Å². The van der Waals surface area contributed by atoms with Crippen LogP contribution in [0.5, 0.6) is 5.75 Å². The molecule has 0 aliphatic rings. The molecule has 0 saturated heterocycles. The second-order valence-electron chi connectivity index (χ2n) is 7.41. The molecular formula is C23H27N5O8. The lowest BCUT2D eigenvalue weighted by molar-refractivity contribution is -0.384. The van der Waals surface area contributed by atoms with Crippen molar-refractivity contribution in [2.75, 3.05) is 36.5 Å². The van der Waals surface area contributed by atoms with Crippen LogP contribution in [0.25, 0.3) is 0 Å². The predicted molar refractivity (Wildman–Crippen MR) is 130 cm³/mol. The van der Waals surface area contributed by atoms with Gasteiger partial charge in [-0.1, -0.05) is 6.92 Å². The van der Waals surface area contributed by atoms with Crippen molar-refractivity contribution in [3.8, 4) is 5.75 Å². The van der Waals surface area contributed by atoms with Crippen LogP contribution in [-0.2, 0) is 23.9 Å². The minimum absolute atomic E-state index is 0.000741. The number of nitrogens with zero attached hydrogens (tertiary/aromatic N) is 4. The summed E-state index contributed by atoms with van der Waals surface area (Å²) in [6.07, 6.45) is 0.240. The Hall–Kier alpha value is -4.55. The molecule has 0 fully saturated rings. The average Bonchev–Trinajstić information content (AvgIpc) is 2.82. The number of anilines is 2. The lowest BCUT2D eigenvalue weighted by atomic mass is 10.2. The van der Waals surface area contributed by atoms with E-state index in [4.69, 9.17) is 9.47 Å². The van der Waals surface area contributed by atoms with Gasteiger partial charge in [-0.2, -0.15) is 0 Å². The number of carbonyl (C=O) groups is 3. The second kappa shape index (κ2) is 13.4. The van der Waals surface area contributed by atoms with Crippen molar-refractivity contribution in [1.29, 1.82) is 0 Å². The zero-order chi connectivity index (χ0) is 26.7. The smallest absolute Gasteiger partial charge is 0.305 e. The van der Waals surface area contributed by atoms with Crippen molar-refractivity contribution in [3.63, 3.8) is 0 Å². The summed E-state index contributed by atoms with van der Waals surface area (Å²) in [5.74, 6) is -1.58. The molecule has 1 amide bonds. The standard InChI is InChI=1S/C23H27N5O8/c1-4-23(32)36-12-10-27(9-11-35-16(3)30)17-5-7-19(21(13-17)24-15(2)29)25-26-20-8-6-18(28(33)34)14-22(20)31/h5-8,13-14,31H,4,9-12H2,1-3H3,(H,24,29). The minimum Gasteiger partial charge on any atom is -0.505 e. The fourth-order valence-corrected chi connectivity index (χ4v) is 2.96. The van der Waals surface area contributed by atoms with Crippen molar-refractivity contribution in [2.24, 2.45) is 10.2 Å². The molecule has 0 aliphatic heterocycles. The normalized spacial score (nSPS) is 10.6. The van der Waals surface area contributed by atoms with Crippen LogP contribution < -0.4 is 10.2 Å². The quantitative estimate of drug-likeness (QED) is 0.189. The summed E-state index contributed by atoms with van der Waals surface area (Å²) < 4.78 is 10.2. The molecule has 0 saturated carbocycles. The van der Waals surface area contributed by atoms with Crippen LogP contribution in [-0.4, -0.2) is 54.2 Å². The molecule has 2 aromatic rings. The highest BCUT2D eigenvalue weighted by molar-refractivity contribution is 5.93. The first-order valence-corrected chi connectivity index (χ1v) is 11.0. The van der Waals surface area contributed by atoms with Crippen LogP contribution >= 0.6 is 0 Å². The highest BCUT2D eigenvalue weighted by Crippen LogP contribution is 2.35. The van der Waals surface area contributed by atoms with Crippen LogP contribution in [0.3, 0.4) is 0 Å². The number of benzene rings is 2. The number of azo groups is 1. The van der Waals surface area contributed by atoms with Gasteiger partial charge in [-0.15, -0.1) is 10.2 Å². The molecule has 0 spiro atoms. The van der Waals surface area contributed by atoms with Gasteiger partial charge in [0, 0.05) is 32.0 Å². The number of rotatable bonds is 12. The van der Waals surface area contributed by atoms with Crippen molar-refractivity contribution in [3.05, 3.63) is 46.5 Å². The van der Waals surface area contributed by atoms with Crippen LogP contribution in [0.2, 0.25) is 0 Å². The number of phenols is 1. The number of non-ortho nitro benzene ring substituents is 1. The number of hydrogen-bond acceptors (Lipinski definition) is 11. The van der Waals surface area contributed by atoms with Gasteiger partial charge in [0.1, 0.15) is 30.3 Å². The van der Waals surface area contributed by atoms with Crippen molar-refractivity contribution in [2.45, 2.75) is 27.2 Å². The van der Waals surface area contributed by atoms with Crippen molar-refractivity contribution in [1.82, 2.24) is 0 Å². The van der Waals surface area contributed by atoms with Gasteiger partial charge in [-0.3, -0.25) is 24.5 Å². The van der Waals surface area contributed by atoms with E-state index >= 15 is 0 Å². The van der Waals surface area contributed by atoms with E-state index in [-0.39, 0.29) is 48.6 Å². The van der Waals surface area contributed by atoms with Gasteiger partial charge < -0.3 is 24.8 Å².